The van der Waals surface area contributed by atoms with Gasteiger partial charge in [0.1, 0.15) is 11.4 Å². The van der Waals surface area contributed by atoms with Crippen LogP contribution in [-0.4, -0.2) is 21.5 Å². The van der Waals surface area contributed by atoms with Gasteiger partial charge in [0, 0.05) is 18.2 Å². The SMILES string of the molecule is CC1(C)CCCC1NCc1n[nH]nc1-c1ccccc1. The number of rotatable bonds is 4. The fraction of sp³-hybridized carbons (Fsp3) is 0.500. The van der Waals surface area contributed by atoms with E-state index in [0.29, 0.717) is 11.5 Å². The highest BCUT2D eigenvalue weighted by Crippen LogP contribution is 2.37. The van der Waals surface area contributed by atoms with E-state index >= 15 is 0 Å². The largest absolute Gasteiger partial charge is 0.308 e. The second-order valence-electron chi connectivity index (χ2n) is 6.30. The molecule has 1 atom stereocenters. The van der Waals surface area contributed by atoms with Crippen LogP contribution in [0.15, 0.2) is 30.3 Å². The summed E-state index contributed by atoms with van der Waals surface area (Å²) in [4.78, 5) is 0. The van der Waals surface area contributed by atoms with E-state index in [-0.39, 0.29) is 0 Å². The summed E-state index contributed by atoms with van der Waals surface area (Å²) in [6, 6.07) is 10.8. The van der Waals surface area contributed by atoms with Crippen molar-refractivity contribution >= 4 is 0 Å². The number of H-pyrrole nitrogens is 1. The van der Waals surface area contributed by atoms with E-state index in [0.717, 1.165) is 23.5 Å². The average Bonchev–Trinajstić information content (AvgIpc) is 3.03. The van der Waals surface area contributed by atoms with Crippen LogP contribution in [0.5, 0.6) is 0 Å². The summed E-state index contributed by atoms with van der Waals surface area (Å²) in [6.07, 6.45) is 3.87. The maximum Gasteiger partial charge on any atom is 0.117 e. The molecule has 1 heterocycles. The number of hydrogen-bond acceptors (Lipinski definition) is 3. The smallest absolute Gasteiger partial charge is 0.117 e. The molecule has 1 aromatic heterocycles. The van der Waals surface area contributed by atoms with Gasteiger partial charge in [-0.25, -0.2) is 0 Å². The summed E-state index contributed by atoms with van der Waals surface area (Å²) >= 11 is 0. The summed E-state index contributed by atoms with van der Waals surface area (Å²) in [5.41, 5.74) is 3.45. The Kier molecular flexibility index (Phi) is 3.57. The molecule has 0 aliphatic heterocycles. The van der Waals surface area contributed by atoms with E-state index in [2.05, 4.69) is 46.7 Å². The third kappa shape index (κ3) is 2.61. The van der Waals surface area contributed by atoms with Crippen molar-refractivity contribution in [2.75, 3.05) is 0 Å². The van der Waals surface area contributed by atoms with Crippen LogP contribution < -0.4 is 5.32 Å². The Bertz CT molecular complexity index is 559. The molecule has 0 spiro atoms. The topological polar surface area (TPSA) is 53.6 Å². The van der Waals surface area contributed by atoms with Gasteiger partial charge in [-0.1, -0.05) is 50.6 Å². The molecule has 20 heavy (non-hydrogen) atoms. The van der Waals surface area contributed by atoms with Crippen LogP contribution in [0.1, 0.15) is 38.8 Å². The number of aromatic amines is 1. The quantitative estimate of drug-likeness (QED) is 0.897. The van der Waals surface area contributed by atoms with Crippen LogP contribution in [0.25, 0.3) is 11.3 Å². The van der Waals surface area contributed by atoms with Gasteiger partial charge in [-0.05, 0) is 18.3 Å². The number of benzene rings is 1. The Morgan fingerprint density at radius 1 is 1.25 bits per heavy atom. The van der Waals surface area contributed by atoms with Crippen LogP contribution in [-0.2, 0) is 6.54 Å². The van der Waals surface area contributed by atoms with Crippen molar-refractivity contribution in [2.24, 2.45) is 5.41 Å². The molecule has 0 amide bonds. The predicted octanol–water partition coefficient (Wildman–Crippen LogP) is 3.14. The molecule has 1 fully saturated rings. The highest BCUT2D eigenvalue weighted by molar-refractivity contribution is 5.60. The van der Waals surface area contributed by atoms with Crippen LogP contribution in [0.2, 0.25) is 0 Å². The second kappa shape index (κ2) is 5.37. The molecule has 1 aliphatic carbocycles. The Labute approximate surface area is 120 Å². The van der Waals surface area contributed by atoms with Crippen molar-refractivity contribution in [3.05, 3.63) is 36.0 Å². The Morgan fingerprint density at radius 3 is 2.75 bits per heavy atom. The summed E-state index contributed by atoms with van der Waals surface area (Å²) < 4.78 is 0. The Morgan fingerprint density at radius 2 is 2.05 bits per heavy atom. The molecule has 0 radical (unpaired) electrons. The molecular formula is C16H22N4. The molecule has 4 nitrogen and oxygen atoms in total. The third-order valence-corrected chi connectivity index (χ3v) is 4.44. The van der Waals surface area contributed by atoms with E-state index in [1.807, 2.05) is 18.2 Å². The lowest BCUT2D eigenvalue weighted by Gasteiger charge is -2.27. The molecule has 0 saturated heterocycles. The van der Waals surface area contributed by atoms with Crippen molar-refractivity contribution in [1.82, 2.24) is 20.7 Å². The molecule has 0 bridgehead atoms. The predicted molar refractivity (Wildman–Crippen MR) is 80.1 cm³/mol. The molecule has 3 rings (SSSR count). The van der Waals surface area contributed by atoms with Gasteiger partial charge in [0.25, 0.3) is 0 Å². The van der Waals surface area contributed by atoms with Gasteiger partial charge in [0.2, 0.25) is 0 Å². The molecule has 1 unspecified atom stereocenters. The Balaban J connectivity index is 1.72. The summed E-state index contributed by atoms with van der Waals surface area (Å²) in [5.74, 6) is 0. The van der Waals surface area contributed by atoms with Crippen LogP contribution in [0.3, 0.4) is 0 Å². The average molecular weight is 270 g/mol. The first-order valence-electron chi connectivity index (χ1n) is 7.35. The lowest BCUT2D eigenvalue weighted by Crippen LogP contribution is -2.37. The van der Waals surface area contributed by atoms with E-state index in [1.165, 1.54) is 19.3 Å². The van der Waals surface area contributed by atoms with Gasteiger partial charge < -0.3 is 5.32 Å². The first-order valence-corrected chi connectivity index (χ1v) is 7.35. The van der Waals surface area contributed by atoms with Gasteiger partial charge in [-0.2, -0.15) is 15.4 Å². The van der Waals surface area contributed by atoms with Crippen LogP contribution in [0.4, 0.5) is 0 Å². The highest BCUT2D eigenvalue weighted by Gasteiger charge is 2.34. The second-order valence-corrected chi connectivity index (χ2v) is 6.30. The van der Waals surface area contributed by atoms with Gasteiger partial charge >= 0.3 is 0 Å². The lowest BCUT2D eigenvalue weighted by atomic mass is 9.87. The zero-order chi connectivity index (χ0) is 14.0. The van der Waals surface area contributed by atoms with E-state index in [4.69, 9.17) is 0 Å². The maximum absolute atomic E-state index is 4.30. The van der Waals surface area contributed by atoms with Gasteiger partial charge in [-0.15, -0.1) is 0 Å². The van der Waals surface area contributed by atoms with Gasteiger partial charge in [0.05, 0.1) is 0 Å². The normalized spacial score (nSPS) is 21.2. The molecule has 4 heteroatoms. The van der Waals surface area contributed by atoms with Crippen molar-refractivity contribution in [3.63, 3.8) is 0 Å². The van der Waals surface area contributed by atoms with Crippen molar-refractivity contribution in [1.29, 1.82) is 0 Å². The molecule has 2 aromatic rings. The standard InChI is InChI=1S/C16H22N4/c1-16(2)10-6-9-14(16)17-11-13-15(19-20-18-13)12-7-4-3-5-8-12/h3-5,7-8,14,17H,6,9-11H2,1-2H3,(H,18,19,20). The summed E-state index contributed by atoms with van der Waals surface area (Å²) in [6.45, 7) is 5.46. The van der Waals surface area contributed by atoms with Crippen molar-refractivity contribution < 1.29 is 0 Å². The molecular weight excluding hydrogens is 248 g/mol. The minimum atomic E-state index is 0.386. The van der Waals surface area contributed by atoms with E-state index in [1.54, 1.807) is 0 Å². The monoisotopic (exact) mass is 270 g/mol. The van der Waals surface area contributed by atoms with Crippen molar-refractivity contribution in [3.8, 4) is 11.3 Å². The minimum Gasteiger partial charge on any atom is -0.308 e. The molecule has 2 N–H and O–H groups in total. The summed E-state index contributed by atoms with van der Waals surface area (Å²) in [7, 11) is 0. The number of aromatic nitrogens is 3. The Hall–Kier alpha value is -1.68. The first-order chi connectivity index (χ1) is 9.67. The van der Waals surface area contributed by atoms with E-state index < -0.39 is 0 Å². The molecule has 1 aromatic carbocycles. The zero-order valence-electron chi connectivity index (χ0n) is 12.2. The molecule has 1 saturated carbocycles. The minimum absolute atomic E-state index is 0.386. The van der Waals surface area contributed by atoms with Crippen LogP contribution >= 0.6 is 0 Å². The first kappa shape index (κ1) is 13.3. The lowest BCUT2D eigenvalue weighted by molar-refractivity contribution is 0.282. The number of nitrogens with zero attached hydrogens (tertiary/aromatic N) is 2. The number of hydrogen-bond donors (Lipinski definition) is 2. The van der Waals surface area contributed by atoms with E-state index in [9.17, 15) is 0 Å². The van der Waals surface area contributed by atoms with Gasteiger partial charge in [-0.3, -0.25) is 0 Å². The van der Waals surface area contributed by atoms with Crippen molar-refractivity contribution in [2.45, 2.75) is 45.7 Å². The molecule has 1 aliphatic rings. The number of nitrogens with one attached hydrogen (secondary N) is 2. The highest BCUT2D eigenvalue weighted by atomic mass is 15.3. The summed E-state index contributed by atoms with van der Waals surface area (Å²) in [5, 5.41) is 15.0. The third-order valence-electron chi connectivity index (χ3n) is 4.44. The molecule has 106 valence electrons. The van der Waals surface area contributed by atoms with Gasteiger partial charge in [0.15, 0.2) is 0 Å². The fourth-order valence-corrected chi connectivity index (χ4v) is 3.13. The van der Waals surface area contributed by atoms with Crippen LogP contribution in [0, 0.1) is 5.41 Å². The fourth-order valence-electron chi connectivity index (χ4n) is 3.13. The zero-order valence-corrected chi connectivity index (χ0v) is 12.2. The maximum atomic E-state index is 4.30.